The van der Waals surface area contributed by atoms with Crippen LogP contribution in [0.1, 0.15) is 18.1 Å². The summed E-state index contributed by atoms with van der Waals surface area (Å²) in [6, 6.07) is 8.54. The normalized spacial score (nSPS) is 10.3. The highest BCUT2D eigenvalue weighted by Gasteiger charge is 2.21. The number of carbonyl (C=O) groups excluding carboxylic acids is 1. The molecule has 10 heteroatoms. The lowest BCUT2D eigenvalue weighted by Crippen LogP contribution is -2.13. The minimum atomic E-state index is -1.12. The van der Waals surface area contributed by atoms with Crippen molar-refractivity contribution in [1.82, 2.24) is 0 Å². The molecule has 0 saturated heterocycles. The second kappa shape index (κ2) is 11.0. The molecular formula is C20H14Cl2FN3O4. The molecule has 154 valence electrons. The molecule has 0 amide bonds. The first-order chi connectivity index (χ1) is 14.5. The number of rotatable bonds is 7. The van der Waals surface area contributed by atoms with Crippen LogP contribution in [0.2, 0.25) is 5.02 Å². The first-order valence-electron chi connectivity index (χ1n) is 8.48. The predicted octanol–water partition coefficient (Wildman–Crippen LogP) is 5.34. The first kappa shape index (κ1) is 23.0. The van der Waals surface area contributed by atoms with E-state index < -0.39 is 12.0 Å². The maximum atomic E-state index is 14.8. The van der Waals surface area contributed by atoms with Gasteiger partial charge in [0.2, 0.25) is 0 Å². The summed E-state index contributed by atoms with van der Waals surface area (Å²) >= 11 is 11.7. The van der Waals surface area contributed by atoms with E-state index in [-0.39, 0.29) is 51.2 Å². The van der Waals surface area contributed by atoms with E-state index in [0.717, 1.165) is 18.5 Å². The number of hydrogen-bond donors (Lipinski definition) is 0. The average molecular weight is 450 g/mol. The van der Waals surface area contributed by atoms with Crippen LogP contribution in [0.15, 0.2) is 29.3 Å². The summed E-state index contributed by atoms with van der Waals surface area (Å²) in [7, 11) is 0. The fourth-order valence-electron chi connectivity index (χ4n) is 2.38. The number of aliphatic imine (C=N–C) groups is 1. The van der Waals surface area contributed by atoms with Gasteiger partial charge in [-0.15, -0.1) is 11.6 Å². The van der Waals surface area contributed by atoms with Crippen molar-refractivity contribution in [3.05, 3.63) is 46.2 Å². The molecule has 0 unspecified atom stereocenters. The Kier molecular flexibility index (Phi) is 8.42. The van der Waals surface area contributed by atoms with Crippen LogP contribution in [0.5, 0.6) is 5.75 Å². The molecule has 0 fully saturated rings. The van der Waals surface area contributed by atoms with Crippen LogP contribution in [-0.2, 0) is 9.47 Å². The first-order valence-corrected chi connectivity index (χ1v) is 9.39. The molecule has 0 radical (unpaired) electrons. The third-order valence-corrected chi connectivity index (χ3v) is 4.10. The second-order valence-electron chi connectivity index (χ2n) is 5.45. The third-order valence-electron chi connectivity index (χ3n) is 3.63. The van der Waals surface area contributed by atoms with E-state index in [1.54, 1.807) is 13.0 Å². The van der Waals surface area contributed by atoms with E-state index in [2.05, 4.69) is 4.99 Å². The lowest BCUT2D eigenvalue weighted by Gasteiger charge is -2.13. The largest absolute Gasteiger partial charge is 0.513 e. The molecule has 7 nitrogen and oxygen atoms in total. The molecule has 0 heterocycles. The number of carbonyl (C=O) groups is 1. The van der Waals surface area contributed by atoms with Gasteiger partial charge in [0.25, 0.3) is 0 Å². The fraction of sp³-hybridized carbons (Fsp3) is 0.200. The summed E-state index contributed by atoms with van der Waals surface area (Å²) in [5.41, 5.74) is -0.231. The van der Waals surface area contributed by atoms with Gasteiger partial charge in [-0.25, -0.2) is 14.2 Å². The molecule has 0 N–H and O–H groups in total. The van der Waals surface area contributed by atoms with Crippen LogP contribution in [0.25, 0.3) is 11.1 Å². The summed E-state index contributed by atoms with van der Waals surface area (Å²) in [6.07, 6.45) is 0.0381. The van der Waals surface area contributed by atoms with E-state index in [4.69, 9.17) is 37.4 Å². The van der Waals surface area contributed by atoms with E-state index in [0.29, 0.717) is 6.61 Å². The molecular weight excluding hydrogens is 436 g/mol. The van der Waals surface area contributed by atoms with Crippen LogP contribution >= 0.6 is 23.2 Å². The Labute approximate surface area is 181 Å². The minimum absolute atomic E-state index is 0.0197. The number of halogens is 3. The summed E-state index contributed by atoms with van der Waals surface area (Å²) in [5, 5.41) is 18.9. The molecule has 0 aromatic heterocycles. The zero-order valence-electron chi connectivity index (χ0n) is 15.6. The monoisotopic (exact) mass is 449 g/mol. The van der Waals surface area contributed by atoms with Crippen molar-refractivity contribution in [2.75, 3.05) is 19.1 Å². The van der Waals surface area contributed by atoms with Gasteiger partial charge in [0.1, 0.15) is 24.6 Å². The van der Waals surface area contributed by atoms with E-state index >= 15 is 0 Å². The van der Waals surface area contributed by atoms with Gasteiger partial charge in [-0.2, -0.15) is 10.5 Å². The number of ether oxygens (including phenoxy) is 3. The van der Waals surface area contributed by atoms with Gasteiger partial charge in [-0.3, -0.25) is 0 Å². The van der Waals surface area contributed by atoms with Crippen molar-refractivity contribution in [3.8, 4) is 29.0 Å². The third kappa shape index (κ3) is 5.38. The standard InChI is InChI=1S/C20H14Cl2FN3O4/c1-2-28-11-26-17-4-3-15(22)19(14(17)10-25)13-8-18(12(9-24)7-16(13)23)30-20(27)29-6-5-21/h3-4,7-8,11H,2,5-6H2,1H3. The van der Waals surface area contributed by atoms with E-state index in [1.807, 2.05) is 6.07 Å². The van der Waals surface area contributed by atoms with E-state index in [1.165, 1.54) is 12.1 Å². The van der Waals surface area contributed by atoms with Crippen LogP contribution in [0, 0.1) is 28.5 Å². The van der Waals surface area contributed by atoms with Gasteiger partial charge >= 0.3 is 6.16 Å². The molecule has 30 heavy (non-hydrogen) atoms. The number of hydrogen-bond acceptors (Lipinski definition) is 7. The Morgan fingerprint density at radius 3 is 2.70 bits per heavy atom. The summed E-state index contributed by atoms with van der Waals surface area (Å²) in [4.78, 5) is 15.8. The maximum Gasteiger partial charge on any atom is 0.513 e. The van der Waals surface area contributed by atoms with Crippen molar-refractivity contribution in [2.45, 2.75) is 6.92 Å². The van der Waals surface area contributed by atoms with Gasteiger partial charge in [-0.05, 0) is 31.2 Å². The molecule has 2 rings (SSSR count). The van der Waals surface area contributed by atoms with Crippen molar-refractivity contribution in [2.24, 2.45) is 4.99 Å². The summed E-state index contributed by atoms with van der Waals surface area (Å²) < 4.78 is 29.5. The topological polar surface area (TPSA) is 105 Å². The van der Waals surface area contributed by atoms with Crippen molar-refractivity contribution in [1.29, 1.82) is 10.5 Å². The van der Waals surface area contributed by atoms with Gasteiger partial charge < -0.3 is 14.2 Å². The van der Waals surface area contributed by atoms with Gasteiger partial charge in [0.15, 0.2) is 12.2 Å². The molecule has 0 aliphatic carbocycles. The molecule has 0 aliphatic rings. The van der Waals surface area contributed by atoms with Crippen LogP contribution in [0.3, 0.4) is 0 Å². The molecule has 0 spiro atoms. The highest BCUT2D eigenvalue weighted by Crippen LogP contribution is 2.40. The second-order valence-corrected chi connectivity index (χ2v) is 6.23. The number of nitriles is 2. The Balaban J connectivity index is 2.62. The number of nitrogens with zero attached hydrogens (tertiary/aromatic N) is 3. The van der Waals surface area contributed by atoms with Gasteiger partial charge in [0.05, 0.1) is 29.3 Å². The Hall–Kier alpha value is -3.33. The number of benzene rings is 2. The van der Waals surface area contributed by atoms with E-state index in [9.17, 15) is 19.7 Å². The van der Waals surface area contributed by atoms with Crippen LogP contribution < -0.4 is 4.74 Å². The minimum Gasteiger partial charge on any atom is -0.483 e. The lowest BCUT2D eigenvalue weighted by molar-refractivity contribution is 0.105. The Bertz CT molecular complexity index is 1060. The highest BCUT2D eigenvalue weighted by atomic mass is 35.5. The Morgan fingerprint density at radius 1 is 1.30 bits per heavy atom. The summed E-state index contributed by atoms with van der Waals surface area (Å²) in [5.74, 6) is -1.07. The van der Waals surface area contributed by atoms with Crippen LogP contribution in [-0.4, -0.2) is 31.6 Å². The zero-order chi connectivity index (χ0) is 22.1. The quantitative estimate of drug-likeness (QED) is 0.185. The molecule has 0 saturated carbocycles. The number of alkyl halides is 1. The zero-order valence-corrected chi connectivity index (χ0v) is 17.1. The van der Waals surface area contributed by atoms with Gasteiger partial charge in [0, 0.05) is 16.1 Å². The SMILES string of the molecule is CCOC=Nc1ccc(Cl)c(-c2cc(OC(=O)OCCCl)c(C#N)cc2F)c1C#N. The lowest BCUT2D eigenvalue weighted by atomic mass is 9.97. The smallest absolute Gasteiger partial charge is 0.483 e. The molecule has 0 bridgehead atoms. The molecule has 2 aromatic rings. The highest BCUT2D eigenvalue weighted by molar-refractivity contribution is 6.33. The summed E-state index contributed by atoms with van der Waals surface area (Å²) in [6.45, 7) is 2.02. The molecule has 0 atom stereocenters. The average Bonchev–Trinajstić information content (AvgIpc) is 2.74. The molecule has 2 aromatic carbocycles. The van der Waals surface area contributed by atoms with Crippen molar-refractivity contribution in [3.63, 3.8) is 0 Å². The van der Waals surface area contributed by atoms with Crippen molar-refractivity contribution >= 4 is 41.4 Å². The van der Waals surface area contributed by atoms with Gasteiger partial charge in [-0.1, -0.05) is 11.6 Å². The fourth-order valence-corrected chi connectivity index (χ4v) is 2.71. The maximum absolute atomic E-state index is 14.8. The molecule has 0 aliphatic heterocycles. The Morgan fingerprint density at radius 2 is 2.07 bits per heavy atom. The predicted molar refractivity (Wildman–Crippen MR) is 109 cm³/mol. The van der Waals surface area contributed by atoms with Crippen molar-refractivity contribution < 1.29 is 23.4 Å². The van der Waals surface area contributed by atoms with Crippen LogP contribution in [0.4, 0.5) is 14.9 Å².